The minimum absolute atomic E-state index is 0.0940. The number of alkyl halides is 3. The lowest BCUT2D eigenvalue weighted by Crippen LogP contribution is -2.35. The number of halogens is 3. The van der Waals surface area contributed by atoms with Crippen LogP contribution in [0.1, 0.15) is 32.4 Å². The smallest absolute Gasteiger partial charge is 0.405 e. The summed E-state index contributed by atoms with van der Waals surface area (Å²) < 4.78 is 43.6. The molecule has 0 aromatic heterocycles. The maximum Gasteiger partial charge on any atom is 0.405 e. The van der Waals surface area contributed by atoms with E-state index in [2.05, 4.69) is 5.32 Å². The van der Waals surface area contributed by atoms with E-state index in [-0.39, 0.29) is 12.6 Å². The number of nitrogens with one attached hydrogen (secondary N) is 1. The van der Waals surface area contributed by atoms with Gasteiger partial charge in [-0.2, -0.15) is 13.2 Å². The van der Waals surface area contributed by atoms with Gasteiger partial charge in [0.25, 0.3) is 0 Å². The number of rotatable bonds is 7. The van der Waals surface area contributed by atoms with Crippen LogP contribution < -0.4 is 15.0 Å². The van der Waals surface area contributed by atoms with Crippen LogP contribution in [0, 0.1) is 0 Å². The average Bonchev–Trinajstić information content (AvgIpc) is 2.43. The topological polar surface area (TPSA) is 24.5 Å². The first-order valence-corrected chi connectivity index (χ1v) is 7.06. The zero-order chi connectivity index (χ0) is 16.0. The van der Waals surface area contributed by atoms with Gasteiger partial charge in [0.05, 0.1) is 7.11 Å². The van der Waals surface area contributed by atoms with Gasteiger partial charge in [-0.1, -0.05) is 13.0 Å². The van der Waals surface area contributed by atoms with E-state index in [1.54, 1.807) is 25.1 Å². The third-order valence-corrected chi connectivity index (χ3v) is 3.30. The summed E-state index contributed by atoms with van der Waals surface area (Å²) >= 11 is 0. The second-order valence-electron chi connectivity index (χ2n) is 4.80. The minimum Gasteiger partial charge on any atom is -0.496 e. The molecular formula is C15H23F3N2O. The highest BCUT2D eigenvalue weighted by molar-refractivity contribution is 5.61. The van der Waals surface area contributed by atoms with Gasteiger partial charge in [0.2, 0.25) is 0 Å². The van der Waals surface area contributed by atoms with Gasteiger partial charge < -0.3 is 15.0 Å². The monoisotopic (exact) mass is 304 g/mol. The highest BCUT2D eigenvalue weighted by Gasteiger charge is 2.32. The van der Waals surface area contributed by atoms with Gasteiger partial charge in [0.1, 0.15) is 12.3 Å². The Morgan fingerprint density at radius 2 is 1.95 bits per heavy atom. The molecule has 0 heterocycles. The molecule has 1 aromatic rings. The molecule has 0 aliphatic carbocycles. The zero-order valence-corrected chi connectivity index (χ0v) is 12.9. The molecule has 1 unspecified atom stereocenters. The maximum absolute atomic E-state index is 12.8. The van der Waals surface area contributed by atoms with E-state index < -0.39 is 12.7 Å². The van der Waals surface area contributed by atoms with Crippen molar-refractivity contribution in [2.75, 3.05) is 31.6 Å². The average molecular weight is 304 g/mol. The van der Waals surface area contributed by atoms with Crippen LogP contribution in [0.4, 0.5) is 18.9 Å². The van der Waals surface area contributed by atoms with Crippen molar-refractivity contribution in [2.45, 2.75) is 33.0 Å². The van der Waals surface area contributed by atoms with Gasteiger partial charge in [-0.25, -0.2) is 0 Å². The van der Waals surface area contributed by atoms with Crippen molar-refractivity contribution in [3.05, 3.63) is 23.8 Å². The van der Waals surface area contributed by atoms with Crippen LogP contribution in [-0.4, -0.2) is 32.9 Å². The van der Waals surface area contributed by atoms with Crippen molar-refractivity contribution in [1.82, 2.24) is 5.32 Å². The molecule has 1 rings (SSSR count). The molecule has 1 N–H and O–H groups in total. The van der Waals surface area contributed by atoms with Crippen molar-refractivity contribution in [3.8, 4) is 5.75 Å². The Bertz CT molecular complexity index is 449. The summed E-state index contributed by atoms with van der Waals surface area (Å²) in [5, 5.41) is 3.23. The molecule has 6 heteroatoms. The summed E-state index contributed by atoms with van der Waals surface area (Å²) in [5.41, 5.74) is 1.32. The SMILES string of the molecule is CCNC(C)c1c(OC)cccc1N(CC)CC(F)(F)F. The highest BCUT2D eigenvalue weighted by atomic mass is 19.4. The zero-order valence-electron chi connectivity index (χ0n) is 12.9. The molecule has 0 spiro atoms. The third kappa shape index (κ3) is 4.81. The second kappa shape index (κ2) is 7.54. The van der Waals surface area contributed by atoms with Crippen LogP contribution in [0.15, 0.2) is 18.2 Å². The lowest BCUT2D eigenvalue weighted by atomic mass is 10.0. The van der Waals surface area contributed by atoms with E-state index >= 15 is 0 Å². The Kier molecular flexibility index (Phi) is 6.33. The van der Waals surface area contributed by atoms with E-state index in [1.165, 1.54) is 12.0 Å². The normalized spacial score (nSPS) is 13.1. The van der Waals surface area contributed by atoms with E-state index in [1.807, 2.05) is 13.8 Å². The molecule has 0 aliphatic heterocycles. The molecule has 0 fully saturated rings. The molecule has 0 amide bonds. The Hall–Kier alpha value is -1.43. The number of hydrogen-bond donors (Lipinski definition) is 1. The summed E-state index contributed by atoms with van der Waals surface area (Å²) in [7, 11) is 1.53. The molecule has 1 aromatic carbocycles. The van der Waals surface area contributed by atoms with Gasteiger partial charge in [-0.15, -0.1) is 0 Å². The Morgan fingerprint density at radius 3 is 2.43 bits per heavy atom. The fourth-order valence-electron chi connectivity index (χ4n) is 2.41. The Balaban J connectivity index is 3.26. The standard InChI is InChI=1S/C15H23F3N2O/c1-5-19-11(3)14-12(8-7-9-13(14)21-4)20(6-2)10-15(16,17)18/h7-9,11,19H,5-6,10H2,1-4H3. The number of nitrogens with zero attached hydrogens (tertiary/aromatic N) is 1. The van der Waals surface area contributed by atoms with Crippen molar-refractivity contribution >= 4 is 5.69 Å². The molecule has 0 saturated heterocycles. The Morgan fingerprint density at radius 1 is 1.29 bits per heavy atom. The molecule has 21 heavy (non-hydrogen) atoms. The summed E-state index contributed by atoms with van der Waals surface area (Å²) in [6, 6.07) is 5.10. The molecule has 0 radical (unpaired) electrons. The summed E-state index contributed by atoms with van der Waals surface area (Å²) in [5.74, 6) is 0.599. The van der Waals surface area contributed by atoms with E-state index in [4.69, 9.17) is 4.74 Å². The number of hydrogen-bond acceptors (Lipinski definition) is 3. The Labute approximate surface area is 124 Å². The molecular weight excluding hydrogens is 281 g/mol. The quantitative estimate of drug-likeness (QED) is 0.830. The molecule has 0 saturated carbocycles. The first kappa shape index (κ1) is 17.6. The largest absolute Gasteiger partial charge is 0.496 e. The first-order chi connectivity index (χ1) is 9.84. The molecule has 1 atom stereocenters. The lowest BCUT2D eigenvalue weighted by Gasteiger charge is -2.29. The maximum atomic E-state index is 12.8. The molecule has 120 valence electrons. The van der Waals surface area contributed by atoms with Crippen LogP contribution in [-0.2, 0) is 0 Å². The van der Waals surface area contributed by atoms with Crippen LogP contribution in [0.25, 0.3) is 0 Å². The van der Waals surface area contributed by atoms with Gasteiger partial charge in [0.15, 0.2) is 0 Å². The van der Waals surface area contributed by atoms with E-state index in [0.29, 0.717) is 11.4 Å². The predicted molar refractivity (Wildman–Crippen MR) is 79.0 cm³/mol. The minimum atomic E-state index is -4.24. The van der Waals surface area contributed by atoms with Crippen molar-refractivity contribution in [3.63, 3.8) is 0 Å². The highest BCUT2D eigenvalue weighted by Crippen LogP contribution is 2.35. The molecule has 0 aliphatic rings. The first-order valence-electron chi connectivity index (χ1n) is 7.06. The van der Waals surface area contributed by atoms with Crippen molar-refractivity contribution in [1.29, 1.82) is 0 Å². The fraction of sp³-hybridized carbons (Fsp3) is 0.600. The summed E-state index contributed by atoms with van der Waals surface area (Å²) in [6.45, 7) is 5.63. The fourth-order valence-corrected chi connectivity index (χ4v) is 2.41. The predicted octanol–water partition coefficient (Wildman–Crippen LogP) is 3.75. The lowest BCUT2D eigenvalue weighted by molar-refractivity contribution is -0.119. The van der Waals surface area contributed by atoms with Crippen molar-refractivity contribution in [2.24, 2.45) is 0 Å². The van der Waals surface area contributed by atoms with Gasteiger partial charge in [-0.05, 0) is 32.5 Å². The van der Waals surface area contributed by atoms with Crippen LogP contribution in [0.5, 0.6) is 5.75 Å². The van der Waals surface area contributed by atoms with Crippen LogP contribution in [0.3, 0.4) is 0 Å². The van der Waals surface area contributed by atoms with E-state index in [0.717, 1.165) is 12.1 Å². The van der Waals surface area contributed by atoms with Crippen LogP contribution >= 0.6 is 0 Å². The number of benzene rings is 1. The molecule has 3 nitrogen and oxygen atoms in total. The summed E-state index contributed by atoms with van der Waals surface area (Å²) in [6.07, 6.45) is -4.24. The van der Waals surface area contributed by atoms with Gasteiger partial charge in [0, 0.05) is 23.8 Å². The third-order valence-electron chi connectivity index (χ3n) is 3.30. The number of anilines is 1. The number of ether oxygens (including phenoxy) is 1. The van der Waals surface area contributed by atoms with Crippen molar-refractivity contribution < 1.29 is 17.9 Å². The summed E-state index contributed by atoms with van der Waals surface area (Å²) in [4.78, 5) is 1.33. The number of methoxy groups -OCH3 is 1. The van der Waals surface area contributed by atoms with E-state index in [9.17, 15) is 13.2 Å². The molecule has 0 bridgehead atoms. The van der Waals surface area contributed by atoms with Crippen LogP contribution in [0.2, 0.25) is 0 Å². The van der Waals surface area contributed by atoms with Gasteiger partial charge >= 0.3 is 6.18 Å². The second-order valence-corrected chi connectivity index (χ2v) is 4.80. The van der Waals surface area contributed by atoms with Gasteiger partial charge in [-0.3, -0.25) is 0 Å².